The van der Waals surface area contributed by atoms with E-state index in [1.165, 1.54) is 31.4 Å². The number of carbonyl (C=O) groups excluding carboxylic acids is 3. The molecule has 8 heteroatoms. The third-order valence-corrected chi connectivity index (χ3v) is 4.65. The zero-order valence-electron chi connectivity index (χ0n) is 16.0. The molecule has 1 aliphatic rings. The van der Waals surface area contributed by atoms with Crippen LogP contribution in [0.4, 0.5) is 5.69 Å². The number of Topliss-reactive ketones (excluding diaryl/α,β-unsaturated/α-hetero) is 1. The Kier molecular flexibility index (Phi) is 5.38. The van der Waals surface area contributed by atoms with Crippen LogP contribution in [0.3, 0.4) is 0 Å². The smallest absolute Gasteiger partial charge is 0.365 e. The first-order valence-electron chi connectivity index (χ1n) is 8.58. The zero-order valence-corrected chi connectivity index (χ0v) is 16.0. The molecule has 1 saturated heterocycles. The summed E-state index contributed by atoms with van der Waals surface area (Å²) in [6.07, 6.45) is 0. The van der Waals surface area contributed by atoms with Gasteiger partial charge in [-0.05, 0) is 36.4 Å². The van der Waals surface area contributed by atoms with Gasteiger partial charge in [0.25, 0.3) is 11.5 Å². The van der Waals surface area contributed by atoms with E-state index in [2.05, 4.69) is 0 Å². The fourth-order valence-electron chi connectivity index (χ4n) is 3.26. The number of benzene rings is 2. The molecule has 2 aromatic carbocycles. The first-order valence-corrected chi connectivity index (χ1v) is 8.58. The summed E-state index contributed by atoms with van der Waals surface area (Å²) in [4.78, 5) is 39.5. The molecule has 0 spiro atoms. The van der Waals surface area contributed by atoms with Crippen LogP contribution >= 0.6 is 0 Å². The lowest BCUT2D eigenvalue weighted by Gasteiger charge is -2.34. The van der Waals surface area contributed by atoms with Gasteiger partial charge in [0.1, 0.15) is 17.1 Å². The molecule has 0 bridgehead atoms. The first kappa shape index (κ1) is 20.1. The SMILES string of the molecule is COC(=O)C1(OC)/C(=C(\O)c2ccc(OC)cc2)C(=O)C(=O)N1c1ccccc1. The maximum absolute atomic E-state index is 12.9. The van der Waals surface area contributed by atoms with Crippen LogP contribution in [0.2, 0.25) is 0 Å². The monoisotopic (exact) mass is 397 g/mol. The highest BCUT2D eigenvalue weighted by Gasteiger charge is 2.64. The summed E-state index contributed by atoms with van der Waals surface area (Å²) in [5.41, 5.74) is -2.38. The third kappa shape index (κ3) is 3.03. The van der Waals surface area contributed by atoms with Gasteiger partial charge in [-0.2, -0.15) is 0 Å². The van der Waals surface area contributed by atoms with E-state index in [0.29, 0.717) is 5.75 Å². The van der Waals surface area contributed by atoms with E-state index in [4.69, 9.17) is 14.2 Å². The Bertz CT molecular complexity index is 982. The molecule has 8 nitrogen and oxygen atoms in total. The van der Waals surface area contributed by atoms with E-state index in [9.17, 15) is 19.5 Å². The largest absolute Gasteiger partial charge is 0.507 e. The Morgan fingerprint density at radius 2 is 1.59 bits per heavy atom. The van der Waals surface area contributed by atoms with Gasteiger partial charge in [-0.3, -0.25) is 14.5 Å². The Morgan fingerprint density at radius 3 is 2.10 bits per heavy atom. The normalized spacial score (nSPS) is 20.6. The van der Waals surface area contributed by atoms with Crippen molar-refractivity contribution < 1.29 is 33.7 Å². The molecule has 0 aromatic heterocycles. The molecule has 1 aliphatic heterocycles. The maximum atomic E-state index is 12.9. The number of aliphatic hydroxyl groups is 1. The van der Waals surface area contributed by atoms with Crippen molar-refractivity contribution in [1.29, 1.82) is 0 Å². The minimum Gasteiger partial charge on any atom is -0.507 e. The van der Waals surface area contributed by atoms with Gasteiger partial charge in [0, 0.05) is 18.4 Å². The Balaban J connectivity index is 2.30. The predicted molar refractivity (Wildman–Crippen MR) is 103 cm³/mol. The molecular weight excluding hydrogens is 378 g/mol. The van der Waals surface area contributed by atoms with Crippen molar-refractivity contribution in [3.63, 3.8) is 0 Å². The summed E-state index contributed by atoms with van der Waals surface area (Å²) in [7, 11) is 3.74. The second kappa shape index (κ2) is 7.76. The van der Waals surface area contributed by atoms with Gasteiger partial charge in [-0.25, -0.2) is 4.79 Å². The molecule has 3 rings (SSSR count). The minimum absolute atomic E-state index is 0.196. The number of esters is 1. The van der Waals surface area contributed by atoms with E-state index < -0.39 is 34.7 Å². The van der Waals surface area contributed by atoms with Crippen molar-refractivity contribution >= 4 is 29.1 Å². The van der Waals surface area contributed by atoms with Gasteiger partial charge < -0.3 is 19.3 Å². The molecule has 29 heavy (non-hydrogen) atoms. The van der Waals surface area contributed by atoms with Crippen LogP contribution in [0.5, 0.6) is 5.75 Å². The fraction of sp³-hybridized carbons (Fsp3) is 0.190. The van der Waals surface area contributed by atoms with Gasteiger partial charge in [0.05, 0.1) is 14.2 Å². The topological polar surface area (TPSA) is 102 Å². The molecule has 1 N–H and O–H groups in total. The maximum Gasteiger partial charge on any atom is 0.365 e. The standard InChI is InChI=1S/C21H19NO7/c1-27-15-11-9-13(10-12-15)17(23)16-18(24)19(25)22(14-7-5-4-6-8-14)21(16,29-3)20(26)28-2/h4-12,23H,1-3H3/b17-16-. The van der Waals surface area contributed by atoms with Crippen LogP contribution in [0.15, 0.2) is 60.2 Å². The number of methoxy groups -OCH3 is 3. The Labute approximate surface area is 166 Å². The van der Waals surface area contributed by atoms with Crippen LogP contribution < -0.4 is 9.64 Å². The zero-order chi connectivity index (χ0) is 21.2. The number of amides is 1. The molecule has 1 heterocycles. The molecular formula is C21H19NO7. The lowest BCUT2D eigenvalue weighted by Crippen LogP contribution is -2.55. The van der Waals surface area contributed by atoms with E-state index in [-0.39, 0.29) is 11.3 Å². The van der Waals surface area contributed by atoms with Crippen molar-refractivity contribution in [2.24, 2.45) is 0 Å². The van der Waals surface area contributed by atoms with Gasteiger partial charge in [-0.1, -0.05) is 18.2 Å². The number of carbonyl (C=O) groups is 3. The summed E-state index contributed by atoms with van der Waals surface area (Å²) in [5.74, 6) is -3.18. The van der Waals surface area contributed by atoms with E-state index in [1.807, 2.05) is 0 Å². The van der Waals surface area contributed by atoms with Crippen molar-refractivity contribution in [3.8, 4) is 5.75 Å². The summed E-state index contributed by atoms with van der Waals surface area (Å²) >= 11 is 0. The molecule has 0 radical (unpaired) electrons. The van der Waals surface area contributed by atoms with E-state index in [0.717, 1.165) is 19.1 Å². The van der Waals surface area contributed by atoms with Gasteiger partial charge >= 0.3 is 11.9 Å². The van der Waals surface area contributed by atoms with Gasteiger partial charge in [0.2, 0.25) is 0 Å². The number of ether oxygens (including phenoxy) is 3. The van der Waals surface area contributed by atoms with Crippen LogP contribution in [0.1, 0.15) is 5.56 Å². The molecule has 1 amide bonds. The highest BCUT2D eigenvalue weighted by atomic mass is 16.6. The number of para-hydroxylation sites is 1. The second-order valence-corrected chi connectivity index (χ2v) is 6.10. The highest BCUT2D eigenvalue weighted by Crippen LogP contribution is 2.42. The summed E-state index contributed by atoms with van der Waals surface area (Å²) in [6.45, 7) is 0. The van der Waals surface area contributed by atoms with Crippen LogP contribution in [-0.2, 0) is 23.9 Å². The van der Waals surface area contributed by atoms with Crippen LogP contribution in [-0.4, -0.2) is 49.8 Å². The van der Waals surface area contributed by atoms with Crippen molar-refractivity contribution in [2.75, 3.05) is 26.2 Å². The van der Waals surface area contributed by atoms with Crippen molar-refractivity contribution in [2.45, 2.75) is 5.72 Å². The van der Waals surface area contributed by atoms with Gasteiger partial charge in [-0.15, -0.1) is 0 Å². The van der Waals surface area contributed by atoms with Gasteiger partial charge in [0.15, 0.2) is 0 Å². The fourth-order valence-corrected chi connectivity index (χ4v) is 3.26. The number of rotatable bonds is 5. The lowest BCUT2D eigenvalue weighted by molar-refractivity contribution is -0.161. The molecule has 1 fully saturated rings. The minimum atomic E-state index is -2.28. The number of hydrogen-bond donors (Lipinski definition) is 1. The highest BCUT2D eigenvalue weighted by molar-refractivity contribution is 6.54. The van der Waals surface area contributed by atoms with E-state index in [1.54, 1.807) is 30.3 Å². The number of aliphatic hydroxyl groups excluding tert-OH is 1. The van der Waals surface area contributed by atoms with Crippen LogP contribution in [0, 0.1) is 0 Å². The number of nitrogens with zero attached hydrogens (tertiary/aromatic N) is 1. The number of hydrogen-bond acceptors (Lipinski definition) is 7. The Morgan fingerprint density at radius 1 is 0.966 bits per heavy atom. The second-order valence-electron chi connectivity index (χ2n) is 6.10. The van der Waals surface area contributed by atoms with E-state index >= 15 is 0 Å². The molecule has 1 unspecified atom stereocenters. The summed E-state index contributed by atoms with van der Waals surface area (Å²) in [6, 6.07) is 14.2. The number of anilines is 1. The summed E-state index contributed by atoms with van der Waals surface area (Å²) in [5, 5.41) is 10.9. The third-order valence-electron chi connectivity index (χ3n) is 4.65. The average molecular weight is 397 g/mol. The summed E-state index contributed by atoms with van der Waals surface area (Å²) < 4.78 is 15.4. The lowest BCUT2D eigenvalue weighted by atomic mass is 9.97. The molecule has 150 valence electrons. The number of ketones is 1. The molecule has 0 aliphatic carbocycles. The van der Waals surface area contributed by atoms with Crippen LogP contribution in [0.25, 0.3) is 5.76 Å². The molecule has 2 aromatic rings. The van der Waals surface area contributed by atoms with Crippen molar-refractivity contribution in [3.05, 3.63) is 65.7 Å². The van der Waals surface area contributed by atoms with Crippen molar-refractivity contribution in [1.82, 2.24) is 0 Å². The quantitative estimate of drug-likeness (QED) is 0.357. The Hall–Kier alpha value is -3.65. The average Bonchev–Trinajstić information content (AvgIpc) is 3.00. The molecule has 1 atom stereocenters. The molecule has 0 saturated carbocycles. The first-order chi connectivity index (χ1) is 13.9. The predicted octanol–water partition coefficient (Wildman–Crippen LogP) is 2.10.